The molecule has 5 nitrogen and oxygen atoms in total. The van der Waals surface area contributed by atoms with E-state index in [1.807, 2.05) is 18.4 Å². The van der Waals surface area contributed by atoms with Crippen LogP contribution in [0.1, 0.15) is 20.8 Å². The molecule has 1 atom stereocenters. The molecule has 0 bridgehead atoms. The second kappa shape index (κ2) is 7.79. The molecule has 1 aromatic carbocycles. The van der Waals surface area contributed by atoms with E-state index in [-0.39, 0.29) is 5.92 Å². The summed E-state index contributed by atoms with van der Waals surface area (Å²) in [5.74, 6) is -0.346. The smallest absolute Gasteiger partial charge is 0.425 e. The number of benzene rings is 1. The summed E-state index contributed by atoms with van der Waals surface area (Å²) in [5, 5.41) is 0. The minimum atomic E-state index is -0.983. The summed E-state index contributed by atoms with van der Waals surface area (Å²) >= 11 is 1.59. The third-order valence-electron chi connectivity index (χ3n) is 2.28. The van der Waals surface area contributed by atoms with E-state index in [4.69, 9.17) is 14.2 Å². The standard InChI is InChI=1S/C14H18O5S/c1-9(2)13(15)17-10(3)18-14(16)19-11-5-7-12(20-4)8-6-11/h5-10H,1-4H3. The Balaban J connectivity index is 2.44. The molecule has 0 amide bonds. The first-order chi connectivity index (χ1) is 9.42. The molecular weight excluding hydrogens is 280 g/mol. The van der Waals surface area contributed by atoms with Gasteiger partial charge in [-0.1, -0.05) is 13.8 Å². The Kier molecular flexibility index (Phi) is 6.38. The number of ether oxygens (including phenoxy) is 3. The van der Waals surface area contributed by atoms with Gasteiger partial charge in [0.05, 0.1) is 5.92 Å². The Morgan fingerprint density at radius 3 is 2.15 bits per heavy atom. The lowest BCUT2D eigenvalue weighted by Gasteiger charge is -2.15. The van der Waals surface area contributed by atoms with Gasteiger partial charge >= 0.3 is 12.1 Å². The molecule has 20 heavy (non-hydrogen) atoms. The van der Waals surface area contributed by atoms with Gasteiger partial charge in [-0.3, -0.25) is 4.79 Å². The minimum absolute atomic E-state index is 0.281. The Morgan fingerprint density at radius 1 is 1.05 bits per heavy atom. The van der Waals surface area contributed by atoms with Crippen molar-refractivity contribution in [3.8, 4) is 5.75 Å². The Hall–Kier alpha value is -1.69. The molecule has 0 fully saturated rings. The van der Waals surface area contributed by atoms with E-state index in [0.29, 0.717) is 5.75 Å². The predicted octanol–water partition coefficient (Wildman–Crippen LogP) is 3.47. The number of thioether (sulfide) groups is 1. The number of carbonyl (C=O) groups excluding carboxylic acids is 2. The Labute approximate surface area is 122 Å². The van der Waals surface area contributed by atoms with Crippen molar-refractivity contribution in [2.45, 2.75) is 32.0 Å². The quantitative estimate of drug-likeness (QED) is 0.359. The molecule has 1 unspecified atom stereocenters. The van der Waals surface area contributed by atoms with Crippen LogP contribution in [0.3, 0.4) is 0 Å². The molecule has 0 saturated carbocycles. The summed E-state index contributed by atoms with van der Waals surface area (Å²) in [6.07, 6.45) is 0.0587. The Morgan fingerprint density at radius 2 is 1.65 bits per heavy atom. The Bertz CT molecular complexity index is 455. The average molecular weight is 298 g/mol. The summed E-state index contributed by atoms with van der Waals surface area (Å²) in [6, 6.07) is 6.99. The highest BCUT2D eigenvalue weighted by Crippen LogP contribution is 2.19. The van der Waals surface area contributed by atoms with Crippen LogP contribution in [0, 0.1) is 5.92 Å². The van der Waals surface area contributed by atoms with Crippen molar-refractivity contribution in [3.05, 3.63) is 24.3 Å². The number of carbonyl (C=O) groups is 2. The van der Waals surface area contributed by atoms with Crippen LogP contribution in [-0.2, 0) is 14.3 Å². The zero-order valence-corrected chi connectivity index (χ0v) is 12.7. The molecule has 1 aromatic rings. The summed E-state index contributed by atoms with van der Waals surface area (Å²) in [7, 11) is 0. The van der Waals surface area contributed by atoms with Crippen LogP contribution in [0.4, 0.5) is 4.79 Å². The first-order valence-corrected chi connectivity index (χ1v) is 7.38. The van der Waals surface area contributed by atoms with Crippen LogP contribution in [0.5, 0.6) is 5.75 Å². The molecule has 0 radical (unpaired) electrons. The van der Waals surface area contributed by atoms with Gasteiger partial charge in [-0.05, 0) is 30.5 Å². The van der Waals surface area contributed by atoms with Crippen LogP contribution >= 0.6 is 11.8 Å². The fraction of sp³-hybridized carbons (Fsp3) is 0.429. The van der Waals surface area contributed by atoms with Crippen LogP contribution in [-0.4, -0.2) is 24.7 Å². The lowest BCUT2D eigenvalue weighted by Crippen LogP contribution is -2.25. The molecular formula is C14H18O5S. The lowest BCUT2D eigenvalue weighted by atomic mass is 10.2. The molecule has 6 heteroatoms. The second-order valence-electron chi connectivity index (χ2n) is 4.30. The minimum Gasteiger partial charge on any atom is -0.425 e. The van der Waals surface area contributed by atoms with Gasteiger partial charge in [-0.2, -0.15) is 0 Å². The van der Waals surface area contributed by atoms with E-state index in [0.717, 1.165) is 4.90 Å². The summed E-state index contributed by atoms with van der Waals surface area (Å²) < 4.78 is 14.7. The highest BCUT2D eigenvalue weighted by molar-refractivity contribution is 7.98. The van der Waals surface area contributed by atoms with E-state index < -0.39 is 18.4 Å². The maximum absolute atomic E-state index is 11.5. The average Bonchev–Trinajstić information content (AvgIpc) is 2.39. The summed E-state index contributed by atoms with van der Waals surface area (Å²) in [5.41, 5.74) is 0. The van der Waals surface area contributed by atoms with Crippen molar-refractivity contribution in [1.29, 1.82) is 0 Å². The van der Waals surface area contributed by atoms with Gasteiger partial charge in [0.1, 0.15) is 5.75 Å². The SMILES string of the molecule is CSc1ccc(OC(=O)OC(C)OC(=O)C(C)C)cc1. The first kappa shape index (κ1) is 16.4. The van der Waals surface area contributed by atoms with Crippen LogP contribution in [0.25, 0.3) is 0 Å². The molecule has 0 aliphatic carbocycles. The largest absolute Gasteiger partial charge is 0.516 e. The molecule has 0 saturated heterocycles. The number of esters is 1. The van der Waals surface area contributed by atoms with E-state index in [1.165, 1.54) is 6.92 Å². The van der Waals surface area contributed by atoms with Crippen molar-refractivity contribution < 1.29 is 23.8 Å². The molecule has 1 rings (SSSR count). The zero-order valence-electron chi connectivity index (χ0n) is 11.9. The fourth-order valence-corrected chi connectivity index (χ4v) is 1.63. The molecule has 0 spiro atoms. The highest BCUT2D eigenvalue weighted by Gasteiger charge is 2.17. The van der Waals surface area contributed by atoms with Crippen molar-refractivity contribution in [2.75, 3.05) is 6.26 Å². The maximum atomic E-state index is 11.5. The summed E-state index contributed by atoms with van der Waals surface area (Å²) in [6.45, 7) is 4.85. The summed E-state index contributed by atoms with van der Waals surface area (Å²) in [4.78, 5) is 23.9. The topological polar surface area (TPSA) is 61.8 Å². The highest BCUT2D eigenvalue weighted by atomic mass is 32.2. The molecule has 110 valence electrons. The third kappa shape index (κ3) is 5.52. The fourth-order valence-electron chi connectivity index (χ4n) is 1.22. The molecule has 0 aliphatic rings. The first-order valence-electron chi connectivity index (χ1n) is 6.15. The second-order valence-corrected chi connectivity index (χ2v) is 5.18. The predicted molar refractivity (Wildman–Crippen MR) is 75.7 cm³/mol. The van der Waals surface area contributed by atoms with Crippen LogP contribution < -0.4 is 4.74 Å². The van der Waals surface area contributed by atoms with Gasteiger partial charge in [0.25, 0.3) is 0 Å². The lowest BCUT2D eigenvalue weighted by molar-refractivity contribution is -0.170. The molecule has 0 aromatic heterocycles. The van der Waals surface area contributed by atoms with Crippen molar-refractivity contribution in [2.24, 2.45) is 5.92 Å². The maximum Gasteiger partial charge on any atom is 0.516 e. The van der Waals surface area contributed by atoms with E-state index in [2.05, 4.69) is 0 Å². The van der Waals surface area contributed by atoms with Crippen molar-refractivity contribution >= 4 is 23.9 Å². The van der Waals surface area contributed by atoms with Crippen molar-refractivity contribution in [3.63, 3.8) is 0 Å². The monoisotopic (exact) mass is 298 g/mol. The molecule has 0 heterocycles. The van der Waals surface area contributed by atoms with Crippen LogP contribution in [0.2, 0.25) is 0 Å². The number of hydrogen-bond acceptors (Lipinski definition) is 6. The van der Waals surface area contributed by atoms with Gasteiger partial charge in [-0.15, -0.1) is 11.8 Å². The van der Waals surface area contributed by atoms with Gasteiger partial charge in [0.15, 0.2) is 0 Å². The van der Waals surface area contributed by atoms with E-state index in [9.17, 15) is 9.59 Å². The number of hydrogen-bond donors (Lipinski definition) is 0. The van der Waals surface area contributed by atoms with Crippen LogP contribution in [0.15, 0.2) is 29.2 Å². The van der Waals surface area contributed by atoms with Gasteiger partial charge in [-0.25, -0.2) is 4.79 Å². The van der Waals surface area contributed by atoms with E-state index in [1.54, 1.807) is 37.7 Å². The van der Waals surface area contributed by atoms with E-state index >= 15 is 0 Å². The zero-order chi connectivity index (χ0) is 15.1. The third-order valence-corrected chi connectivity index (χ3v) is 3.02. The van der Waals surface area contributed by atoms with Crippen molar-refractivity contribution in [1.82, 2.24) is 0 Å². The van der Waals surface area contributed by atoms with Gasteiger partial charge in [0.2, 0.25) is 6.29 Å². The van der Waals surface area contributed by atoms with Gasteiger partial charge < -0.3 is 14.2 Å². The normalized spacial score (nSPS) is 11.8. The number of rotatable bonds is 5. The molecule has 0 N–H and O–H groups in total. The molecule has 0 aliphatic heterocycles. The van der Waals surface area contributed by atoms with Gasteiger partial charge in [0, 0.05) is 11.8 Å².